The van der Waals surface area contributed by atoms with Crippen LogP contribution in [0.5, 0.6) is 0 Å². The Labute approximate surface area is 107 Å². The van der Waals surface area contributed by atoms with Gasteiger partial charge in [-0.15, -0.1) is 0 Å². The maximum absolute atomic E-state index is 5.48. The van der Waals surface area contributed by atoms with Crippen molar-refractivity contribution >= 4 is 0 Å². The van der Waals surface area contributed by atoms with E-state index in [4.69, 9.17) is 14.2 Å². The Morgan fingerprint density at radius 2 is 1.12 bits per heavy atom. The Bertz CT molecular complexity index is 115. The molecule has 0 bridgehead atoms. The summed E-state index contributed by atoms with van der Waals surface area (Å²) in [5.41, 5.74) is 0. The largest absolute Gasteiger partial charge is 0.382 e. The minimum Gasteiger partial charge on any atom is -0.382 e. The molecule has 0 aliphatic rings. The van der Waals surface area contributed by atoms with Gasteiger partial charge in [0.05, 0.1) is 26.4 Å². The minimum absolute atomic E-state index is 0.664. The number of ether oxygens (including phenoxy) is 3. The zero-order valence-electron chi connectivity index (χ0n) is 11.7. The van der Waals surface area contributed by atoms with E-state index in [1.165, 1.54) is 44.9 Å². The number of hydrogen-bond donors (Lipinski definition) is 0. The maximum Gasteiger partial charge on any atom is 0.0701 e. The highest BCUT2D eigenvalue weighted by Crippen LogP contribution is 2.06. The third-order valence-electron chi connectivity index (χ3n) is 2.70. The second-order valence-corrected chi connectivity index (χ2v) is 4.34. The fourth-order valence-corrected chi connectivity index (χ4v) is 1.63. The molecule has 0 amide bonds. The summed E-state index contributed by atoms with van der Waals surface area (Å²) in [6.07, 6.45) is 9.33. The molecule has 104 valence electrons. The molecule has 0 heterocycles. The quantitative estimate of drug-likeness (QED) is 0.440. The molecule has 0 saturated carbocycles. The molecule has 0 radical (unpaired) electrons. The lowest BCUT2D eigenvalue weighted by Crippen LogP contribution is -2.08. The summed E-state index contributed by atoms with van der Waals surface area (Å²) in [6.45, 7) is 5.85. The van der Waals surface area contributed by atoms with Crippen LogP contribution in [-0.4, -0.2) is 40.1 Å². The Morgan fingerprint density at radius 1 is 0.588 bits per heavy atom. The summed E-state index contributed by atoms with van der Waals surface area (Å²) < 4.78 is 15.6. The number of rotatable bonds is 14. The van der Waals surface area contributed by atoms with E-state index in [1.807, 2.05) is 0 Å². The van der Waals surface area contributed by atoms with Crippen molar-refractivity contribution in [1.29, 1.82) is 0 Å². The van der Waals surface area contributed by atoms with Gasteiger partial charge < -0.3 is 14.2 Å². The molecule has 0 atom stereocenters. The number of methoxy groups -OCH3 is 1. The zero-order chi connectivity index (χ0) is 12.6. The molecule has 0 aromatic heterocycles. The van der Waals surface area contributed by atoms with Crippen LogP contribution in [-0.2, 0) is 14.2 Å². The first-order valence-electron chi connectivity index (χ1n) is 7.06. The van der Waals surface area contributed by atoms with Crippen LogP contribution in [0.4, 0.5) is 0 Å². The molecular formula is C14H30O3. The third kappa shape index (κ3) is 15.9. The van der Waals surface area contributed by atoms with E-state index in [-0.39, 0.29) is 0 Å². The summed E-state index contributed by atoms with van der Waals surface area (Å²) in [7, 11) is 1.68. The van der Waals surface area contributed by atoms with Crippen LogP contribution in [0.3, 0.4) is 0 Å². The number of unbranched alkanes of at least 4 members (excludes halogenated alkanes) is 6. The molecule has 0 aliphatic heterocycles. The van der Waals surface area contributed by atoms with E-state index in [2.05, 4.69) is 6.92 Å². The molecule has 3 nitrogen and oxygen atoms in total. The fraction of sp³-hybridized carbons (Fsp3) is 1.00. The first kappa shape index (κ1) is 16.9. The van der Waals surface area contributed by atoms with Crippen LogP contribution < -0.4 is 0 Å². The van der Waals surface area contributed by atoms with Crippen molar-refractivity contribution in [1.82, 2.24) is 0 Å². The predicted octanol–water partition coefficient (Wildman–Crippen LogP) is 3.42. The lowest BCUT2D eigenvalue weighted by Gasteiger charge is -2.05. The Kier molecular flexibility index (Phi) is 15.8. The predicted molar refractivity (Wildman–Crippen MR) is 71.5 cm³/mol. The van der Waals surface area contributed by atoms with Gasteiger partial charge in [0.2, 0.25) is 0 Å². The van der Waals surface area contributed by atoms with Crippen molar-refractivity contribution in [2.24, 2.45) is 0 Å². The molecule has 0 aliphatic carbocycles. The molecule has 0 fully saturated rings. The molecule has 0 rings (SSSR count). The molecule has 3 heteroatoms. The molecule has 0 N–H and O–H groups in total. The number of hydrogen-bond acceptors (Lipinski definition) is 3. The van der Waals surface area contributed by atoms with Gasteiger partial charge in [0, 0.05) is 13.7 Å². The summed E-state index contributed by atoms with van der Waals surface area (Å²) >= 11 is 0. The first-order chi connectivity index (χ1) is 8.41. The molecule has 0 aromatic carbocycles. The molecule has 0 saturated heterocycles. The summed E-state index contributed by atoms with van der Waals surface area (Å²) in [5, 5.41) is 0. The summed E-state index contributed by atoms with van der Waals surface area (Å²) in [5.74, 6) is 0. The van der Waals surface area contributed by atoms with E-state index in [0.717, 1.165) is 6.61 Å². The highest BCUT2D eigenvalue weighted by atomic mass is 16.5. The SMILES string of the molecule is CCCCCCCCCOCCOCCOC. The Hall–Kier alpha value is -0.120. The van der Waals surface area contributed by atoms with Gasteiger partial charge in [-0.05, 0) is 6.42 Å². The van der Waals surface area contributed by atoms with Crippen molar-refractivity contribution in [3.8, 4) is 0 Å². The topological polar surface area (TPSA) is 27.7 Å². The molecule has 17 heavy (non-hydrogen) atoms. The lowest BCUT2D eigenvalue weighted by atomic mass is 10.1. The van der Waals surface area contributed by atoms with Gasteiger partial charge in [0.1, 0.15) is 0 Å². The van der Waals surface area contributed by atoms with Crippen molar-refractivity contribution in [3.63, 3.8) is 0 Å². The molecule has 0 unspecified atom stereocenters. The monoisotopic (exact) mass is 246 g/mol. The second kappa shape index (κ2) is 15.9. The van der Waals surface area contributed by atoms with Gasteiger partial charge >= 0.3 is 0 Å². The van der Waals surface area contributed by atoms with Gasteiger partial charge in [-0.3, -0.25) is 0 Å². The van der Waals surface area contributed by atoms with Gasteiger partial charge in [-0.2, -0.15) is 0 Å². The molecule has 0 spiro atoms. The highest BCUT2D eigenvalue weighted by Gasteiger charge is 1.92. The Balaban J connectivity index is 2.85. The molecule has 0 aromatic rings. The van der Waals surface area contributed by atoms with Crippen LogP contribution in [0.2, 0.25) is 0 Å². The van der Waals surface area contributed by atoms with Crippen molar-refractivity contribution in [3.05, 3.63) is 0 Å². The fourth-order valence-electron chi connectivity index (χ4n) is 1.63. The average molecular weight is 246 g/mol. The van der Waals surface area contributed by atoms with E-state index in [1.54, 1.807) is 7.11 Å². The van der Waals surface area contributed by atoms with Crippen molar-refractivity contribution in [2.75, 3.05) is 40.1 Å². The van der Waals surface area contributed by atoms with Crippen molar-refractivity contribution in [2.45, 2.75) is 51.9 Å². The summed E-state index contributed by atoms with van der Waals surface area (Å²) in [4.78, 5) is 0. The van der Waals surface area contributed by atoms with E-state index < -0.39 is 0 Å². The molecular weight excluding hydrogens is 216 g/mol. The third-order valence-corrected chi connectivity index (χ3v) is 2.70. The first-order valence-corrected chi connectivity index (χ1v) is 7.06. The van der Waals surface area contributed by atoms with Gasteiger partial charge in [-0.1, -0.05) is 45.4 Å². The minimum atomic E-state index is 0.664. The Morgan fingerprint density at radius 3 is 1.76 bits per heavy atom. The van der Waals surface area contributed by atoms with Crippen LogP contribution >= 0.6 is 0 Å². The van der Waals surface area contributed by atoms with Crippen LogP contribution in [0, 0.1) is 0 Å². The van der Waals surface area contributed by atoms with Gasteiger partial charge in [-0.25, -0.2) is 0 Å². The van der Waals surface area contributed by atoms with Crippen LogP contribution in [0.1, 0.15) is 51.9 Å². The zero-order valence-corrected chi connectivity index (χ0v) is 11.7. The highest BCUT2D eigenvalue weighted by molar-refractivity contribution is 4.44. The summed E-state index contributed by atoms with van der Waals surface area (Å²) in [6, 6.07) is 0. The normalized spacial score (nSPS) is 10.9. The van der Waals surface area contributed by atoms with E-state index in [0.29, 0.717) is 26.4 Å². The smallest absolute Gasteiger partial charge is 0.0701 e. The standard InChI is InChI=1S/C14H30O3/c1-3-4-5-6-7-8-9-10-16-13-14-17-12-11-15-2/h3-14H2,1-2H3. The van der Waals surface area contributed by atoms with E-state index >= 15 is 0 Å². The second-order valence-electron chi connectivity index (χ2n) is 4.34. The van der Waals surface area contributed by atoms with Gasteiger partial charge in [0.15, 0.2) is 0 Å². The van der Waals surface area contributed by atoms with Crippen LogP contribution in [0.15, 0.2) is 0 Å². The van der Waals surface area contributed by atoms with Crippen LogP contribution in [0.25, 0.3) is 0 Å². The van der Waals surface area contributed by atoms with Gasteiger partial charge in [0.25, 0.3) is 0 Å². The lowest BCUT2D eigenvalue weighted by molar-refractivity contribution is 0.0239. The van der Waals surface area contributed by atoms with E-state index in [9.17, 15) is 0 Å². The van der Waals surface area contributed by atoms with Crippen molar-refractivity contribution < 1.29 is 14.2 Å². The average Bonchev–Trinajstić information content (AvgIpc) is 2.35. The maximum atomic E-state index is 5.48.